The lowest BCUT2D eigenvalue weighted by molar-refractivity contribution is 0.778. The van der Waals surface area contributed by atoms with Crippen molar-refractivity contribution in [3.05, 3.63) is 35.0 Å². The van der Waals surface area contributed by atoms with Crippen LogP contribution in [-0.2, 0) is 0 Å². The van der Waals surface area contributed by atoms with Crippen LogP contribution in [0.5, 0.6) is 0 Å². The van der Waals surface area contributed by atoms with E-state index in [0.717, 1.165) is 0 Å². The summed E-state index contributed by atoms with van der Waals surface area (Å²) in [5.74, 6) is 1.25. The highest BCUT2D eigenvalue weighted by molar-refractivity contribution is 7.99. The first-order chi connectivity index (χ1) is 6.88. The number of hydrogen-bond acceptors (Lipinski definition) is 2. The van der Waals surface area contributed by atoms with Crippen molar-refractivity contribution >= 4 is 23.1 Å². The summed E-state index contributed by atoms with van der Waals surface area (Å²) in [6.45, 7) is 6.15. The average molecular weight is 226 g/mol. The summed E-state index contributed by atoms with van der Waals surface area (Å²) in [5, 5.41) is 2.64. The van der Waals surface area contributed by atoms with E-state index in [9.17, 15) is 0 Å². The van der Waals surface area contributed by atoms with Crippen LogP contribution in [0.3, 0.4) is 0 Å². The lowest BCUT2D eigenvalue weighted by atomic mass is 10.3. The van der Waals surface area contributed by atoms with Crippen molar-refractivity contribution < 1.29 is 0 Å². The van der Waals surface area contributed by atoms with E-state index in [2.05, 4.69) is 37.1 Å². The normalized spacial score (nSPS) is 12.6. The predicted octanol–water partition coefficient (Wildman–Crippen LogP) is 4.90. The van der Waals surface area contributed by atoms with Crippen molar-refractivity contribution in [1.82, 2.24) is 0 Å². The molecule has 1 atom stereocenters. The first kappa shape index (κ1) is 11.9. The highest BCUT2D eigenvalue weighted by Gasteiger charge is 2.07. The van der Waals surface area contributed by atoms with E-state index in [1.54, 1.807) is 0 Å². The Bertz CT molecular complexity index is 239. The van der Waals surface area contributed by atoms with Gasteiger partial charge in [-0.05, 0) is 23.6 Å². The van der Waals surface area contributed by atoms with Gasteiger partial charge in [-0.1, -0.05) is 31.9 Å². The molecule has 0 aliphatic rings. The molecule has 1 rings (SSSR count). The molecular weight excluding hydrogens is 208 g/mol. The van der Waals surface area contributed by atoms with Crippen LogP contribution in [0.25, 0.3) is 0 Å². The largest absolute Gasteiger partial charge is 0.149 e. The van der Waals surface area contributed by atoms with Gasteiger partial charge in [0.15, 0.2) is 0 Å². The molecule has 1 heterocycles. The van der Waals surface area contributed by atoms with Crippen LogP contribution in [0.2, 0.25) is 0 Å². The molecule has 0 saturated heterocycles. The highest BCUT2D eigenvalue weighted by Crippen LogP contribution is 2.33. The maximum absolute atomic E-state index is 3.90. The summed E-state index contributed by atoms with van der Waals surface area (Å²) in [5.41, 5.74) is 0. The van der Waals surface area contributed by atoms with Gasteiger partial charge in [-0.2, -0.15) is 0 Å². The predicted molar refractivity (Wildman–Crippen MR) is 69.2 cm³/mol. The second-order valence-corrected chi connectivity index (χ2v) is 5.48. The summed E-state index contributed by atoms with van der Waals surface area (Å²) in [4.78, 5) is 1.43. The van der Waals surface area contributed by atoms with E-state index >= 15 is 0 Å². The molecule has 0 fully saturated rings. The Kier molecular flexibility index (Phi) is 6.04. The van der Waals surface area contributed by atoms with Gasteiger partial charge in [0.05, 0.1) is 5.25 Å². The average Bonchev–Trinajstić information content (AvgIpc) is 2.71. The Balaban J connectivity index is 2.29. The third kappa shape index (κ3) is 3.89. The van der Waals surface area contributed by atoms with E-state index in [1.165, 1.54) is 29.9 Å². The summed E-state index contributed by atoms with van der Waals surface area (Å²) in [6, 6.07) is 4.31. The summed E-state index contributed by atoms with van der Waals surface area (Å²) in [6.07, 6.45) is 6.04. The first-order valence-electron chi connectivity index (χ1n) is 5.16. The topological polar surface area (TPSA) is 0 Å². The van der Waals surface area contributed by atoms with Crippen molar-refractivity contribution in [2.45, 2.75) is 31.4 Å². The van der Waals surface area contributed by atoms with Gasteiger partial charge in [0.2, 0.25) is 0 Å². The molecule has 0 N–H and O–H groups in total. The first-order valence-corrected chi connectivity index (χ1v) is 7.09. The molecule has 1 unspecified atom stereocenters. The van der Waals surface area contributed by atoms with E-state index in [0.29, 0.717) is 5.25 Å². The third-order valence-electron chi connectivity index (χ3n) is 2.08. The van der Waals surface area contributed by atoms with E-state index < -0.39 is 0 Å². The van der Waals surface area contributed by atoms with Crippen LogP contribution < -0.4 is 0 Å². The zero-order chi connectivity index (χ0) is 10.2. The van der Waals surface area contributed by atoms with Crippen molar-refractivity contribution in [2.75, 3.05) is 5.75 Å². The van der Waals surface area contributed by atoms with Gasteiger partial charge in [-0.3, -0.25) is 0 Å². The second kappa shape index (κ2) is 7.13. The molecular formula is C12H18S2. The van der Waals surface area contributed by atoms with Crippen LogP contribution in [0.15, 0.2) is 30.2 Å². The smallest absolute Gasteiger partial charge is 0.0568 e. The Morgan fingerprint density at radius 1 is 1.57 bits per heavy atom. The molecule has 0 aliphatic carbocycles. The molecule has 0 spiro atoms. The van der Waals surface area contributed by atoms with Gasteiger partial charge < -0.3 is 0 Å². The Hall–Kier alpha value is -0.210. The second-order valence-electron chi connectivity index (χ2n) is 3.25. The molecule has 1 aromatic rings. The number of hydrogen-bond donors (Lipinski definition) is 0. The maximum atomic E-state index is 3.90. The van der Waals surface area contributed by atoms with Gasteiger partial charge in [-0.25, -0.2) is 0 Å². The van der Waals surface area contributed by atoms with Gasteiger partial charge in [0.25, 0.3) is 0 Å². The third-order valence-corrected chi connectivity index (χ3v) is 4.52. The minimum absolute atomic E-state index is 0.506. The maximum Gasteiger partial charge on any atom is 0.0568 e. The van der Waals surface area contributed by atoms with Crippen LogP contribution in [-0.4, -0.2) is 5.75 Å². The number of thiophene rings is 1. The highest BCUT2D eigenvalue weighted by atomic mass is 32.2. The SMILES string of the molecule is C=CC(SCCCCC)c1cccs1. The molecule has 0 saturated carbocycles. The van der Waals surface area contributed by atoms with Gasteiger partial charge in [0.1, 0.15) is 0 Å². The molecule has 0 nitrogen and oxygen atoms in total. The molecule has 0 aliphatic heterocycles. The lowest BCUT2D eigenvalue weighted by Crippen LogP contribution is -1.88. The Labute approximate surface area is 95.4 Å². The summed E-state index contributed by atoms with van der Waals surface area (Å²) >= 11 is 3.84. The fraction of sp³-hybridized carbons (Fsp3) is 0.500. The molecule has 14 heavy (non-hydrogen) atoms. The van der Waals surface area contributed by atoms with E-state index in [1.807, 2.05) is 23.1 Å². The number of thioether (sulfide) groups is 1. The monoisotopic (exact) mass is 226 g/mol. The molecule has 0 aromatic carbocycles. The van der Waals surface area contributed by atoms with Crippen molar-refractivity contribution in [3.8, 4) is 0 Å². The van der Waals surface area contributed by atoms with Gasteiger partial charge in [0, 0.05) is 4.88 Å². The summed E-state index contributed by atoms with van der Waals surface area (Å²) < 4.78 is 0. The van der Waals surface area contributed by atoms with Gasteiger partial charge >= 0.3 is 0 Å². The van der Waals surface area contributed by atoms with Gasteiger partial charge in [-0.15, -0.1) is 29.7 Å². The fourth-order valence-electron chi connectivity index (χ4n) is 1.28. The van der Waals surface area contributed by atoms with E-state index in [4.69, 9.17) is 0 Å². The molecule has 1 aromatic heterocycles. The van der Waals surface area contributed by atoms with Crippen LogP contribution in [0.1, 0.15) is 36.3 Å². The molecule has 2 heteroatoms. The quantitative estimate of drug-likeness (QED) is 0.471. The minimum Gasteiger partial charge on any atom is -0.149 e. The Morgan fingerprint density at radius 3 is 3.00 bits per heavy atom. The lowest BCUT2D eigenvalue weighted by Gasteiger charge is -2.09. The number of unbranched alkanes of at least 4 members (excludes halogenated alkanes) is 2. The zero-order valence-corrected chi connectivity index (χ0v) is 10.4. The van der Waals surface area contributed by atoms with E-state index in [-0.39, 0.29) is 0 Å². The summed E-state index contributed by atoms with van der Waals surface area (Å²) in [7, 11) is 0. The van der Waals surface area contributed by atoms with Crippen LogP contribution in [0, 0.1) is 0 Å². The van der Waals surface area contributed by atoms with Crippen LogP contribution in [0.4, 0.5) is 0 Å². The number of rotatable bonds is 7. The molecule has 0 amide bonds. The molecule has 0 radical (unpaired) electrons. The molecule has 0 bridgehead atoms. The zero-order valence-electron chi connectivity index (χ0n) is 8.74. The van der Waals surface area contributed by atoms with Crippen LogP contribution >= 0.6 is 23.1 Å². The molecule has 78 valence electrons. The standard InChI is InChI=1S/C12H18S2/c1-3-5-6-9-13-11(4-2)12-8-7-10-14-12/h4,7-8,10-11H,2-3,5-6,9H2,1H3. The van der Waals surface area contributed by atoms with Crippen molar-refractivity contribution in [2.24, 2.45) is 0 Å². The fourth-order valence-corrected chi connectivity index (χ4v) is 3.36. The van der Waals surface area contributed by atoms with Crippen molar-refractivity contribution in [1.29, 1.82) is 0 Å². The minimum atomic E-state index is 0.506. The van der Waals surface area contributed by atoms with Crippen molar-refractivity contribution in [3.63, 3.8) is 0 Å². The Morgan fingerprint density at radius 2 is 2.43 bits per heavy atom.